The van der Waals surface area contributed by atoms with Crippen LogP contribution in [0, 0.1) is 0 Å². The van der Waals surface area contributed by atoms with E-state index in [1.165, 1.54) is 0 Å². The van der Waals surface area contributed by atoms with Crippen LogP contribution in [0.15, 0.2) is 59.5 Å². The third-order valence-corrected chi connectivity index (χ3v) is 5.28. The van der Waals surface area contributed by atoms with E-state index in [-0.39, 0.29) is 5.56 Å². The molecule has 0 fully saturated rings. The summed E-state index contributed by atoms with van der Waals surface area (Å²) >= 11 is 0. The Balaban J connectivity index is 1.44. The molecule has 3 heterocycles. The molecule has 4 aromatic rings. The van der Waals surface area contributed by atoms with Crippen molar-refractivity contribution in [2.24, 2.45) is 0 Å². The highest BCUT2D eigenvalue weighted by Gasteiger charge is 2.15. The van der Waals surface area contributed by atoms with E-state index in [1.807, 2.05) is 42.5 Å². The van der Waals surface area contributed by atoms with Crippen molar-refractivity contribution in [1.82, 2.24) is 15.0 Å². The van der Waals surface area contributed by atoms with Gasteiger partial charge in [-0.25, -0.2) is 4.98 Å². The summed E-state index contributed by atoms with van der Waals surface area (Å²) in [7, 11) is 1.60. The van der Waals surface area contributed by atoms with Gasteiger partial charge >= 0.3 is 0 Å². The Bertz CT molecular complexity index is 1340. The molecule has 0 spiro atoms. The molecule has 0 amide bonds. The number of nitrogens with one attached hydrogen (secondary N) is 2. The van der Waals surface area contributed by atoms with Crippen molar-refractivity contribution >= 4 is 17.0 Å². The topological polar surface area (TPSA) is 98.4 Å². The van der Waals surface area contributed by atoms with Crippen LogP contribution in [0.5, 0.6) is 17.2 Å². The highest BCUT2D eigenvalue weighted by molar-refractivity contribution is 5.93. The van der Waals surface area contributed by atoms with Gasteiger partial charge in [0, 0.05) is 30.3 Å². The fourth-order valence-corrected chi connectivity index (χ4v) is 3.74. The number of aromatic nitrogens is 3. The van der Waals surface area contributed by atoms with Crippen molar-refractivity contribution in [2.75, 3.05) is 25.6 Å². The van der Waals surface area contributed by atoms with Crippen LogP contribution in [0.2, 0.25) is 0 Å². The summed E-state index contributed by atoms with van der Waals surface area (Å²) in [6, 6.07) is 15.1. The average Bonchev–Trinajstić information content (AvgIpc) is 3.07. The van der Waals surface area contributed by atoms with Gasteiger partial charge in [0.05, 0.1) is 25.7 Å². The van der Waals surface area contributed by atoms with E-state index in [4.69, 9.17) is 14.2 Å². The molecule has 2 aromatic heterocycles. The van der Waals surface area contributed by atoms with Gasteiger partial charge in [0.2, 0.25) is 5.95 Å². The highest BCUT2D eigenvalue weighted by atomic mass is 16.5. The van der Waals surface area contributed by atoms with Crippen molar-refractivity contribution in [2.45, 2.75) is 13.0 Å². The van der Waals surface area contributed by atoms with Crippen LogP contribution in [0.4, 0.5) is 5.95 Å². The molecule has 0 bridgehead atoms. The maximum atomic E-state index is 13.0. The molecule has 0 aliphatic carbocycles. The quantitative estimate of drug-likeness (QED) is 0.497. The SMILES string of the molecule is COc1ccccc1-c1ccnc2nc(NCc3ccc4c(c3)OCCCO4)[nH]c(=O)c12. The van der Waals surface area contributed by atoms with Gasteiger partial charge in [0.1, 0.15) is 5.75 Å². The van der Waals surface area contributed by atoms with Crippen molar-refractivity contribution in [3.8, 4) is 28.4 Å². The van der Waals surface area contributed by atoms with Gasteiger partial charge in [-0.05, 0) is 29.8 Å². The van der Waals surface area contributed by atoms with Crippen molar-refractivity contribution in [3.05, 3.63) is 70.6 Å². The van der Waals surface area contributed by atoms with Gasteiger partial charge in [-0.2, -0.15) is 4.98 Å². The lowest BCUT2D eigenvalue weighted by Crippen LogP contribution is -2.14. The van der Waals surface area contributed by atoms with Crippen LogP contribution < -0.4 is 25.1 Å². The second-order valence-corrected chi connectivity index (χ2v) is 7.36. The van der Waals surface area contributed by atoms with Crippen molar-refractivity contribution < 1.29 is 14.2 Å². The van der Waals surface area contributed by atoms with E-state index >= 15 is 0 Å². The zero-order chi connectivity index (χ0) is 21.9. The lowest BCUT2D eigenvalue weighted by molar-refractivity contribution is 0.297. The molecule has 162 valence electrons. The molecular weight excluding hydrogens is 408 g/mol. The van der Waals surface area contributed by atoms with E-state index in [9.17, 15) is 4.79 Å². The van der Waals surface area contributed by atoms with E-state index in [1.54, 1.807) is 19.4 Å². The summed E-state index contributed by atoms with van der Waals surface area (Å²) in [6.07, 6.45) is 2.50. The fraction of sp³-hybridized carbons (Fsp3) is 0.208. The second-order valence-electron chi connectivity index (χ2n) is 7.36. The number of anilines is 1. The summed E-state index contributed by atoms with van der Waals surface area (Å²) in [6.45, 7) is 1.73. The molecule has 0 unspecified atom stereocenters. The number of hydrogen-bond donors (Lipinski definition) is 2. The van der Waals surface area contributed by atoms with Crippen LogP contribution in [0.1, 0.15) is 12.0 Å². The highest BCUT2D eigenvalue weighted by Crippen LogP contribution is 2.33. The number of aromatic amines is 1. The first kappa shape index (κ1) is 19.9. The normalized spacial score (nSPS) is 12.9. The summed E-state index contributed by atoms with van der Waals surface area (Å²) in [5, 5.41) is 3.59. The number of fused-ring (bicyclic) bond motifs is 2. The minimum absolute atomic E-state index is 0.273. The van der Waals surface area contributed by atoms with Gasteiger partial charge in [0.15, 0.2) is 17.1 Å². The minimum atomic E-state index is -0.273. The van der Waals surface area contributed by atoms with Gasteiger partial charge in [-0.15, -0.1) is 0 Å². The molecule has 0 radical (unpaired) electrons. The number of pyridine rings is 1. The van der Waals surface area contributed by atoms with E-state index in [0.29, 0.717) is 42.5 Å². The number of rotatable bonds is 5. The molecule has 32 heavy (non-hydrogen) atoms. The van der Waals surface area contributed by atoms with Crippen LogP contribution in [0.3, 0.4) is 0 Å². The molecular formula is C24H22N4O4. The third-order valence-electron chi connectivity index (χ3n) is 5.28. The zero-order valence-corrected chi connectivity index (χ0v) is 17.6. The Morgan fingerprint density at radius 3 is 2.78 bits per heavy atom. The number of para-hydroxylation sites is 1. The number of H-pyrrole nitrogens is 1. The second kappa shape index (κ2) is 8.58. The van der Waals surface area contributed by atoms with E-state index < -0.39 is 0 Å². The van der Waals surface area contributed by atoms with Gasteiger partial charge < -0.3 is 19.5 Å². The summed E-state index contributed by atoms with van der Waals surface area (Å²) in [5.41, 5.74) is 2.59. The molecule has 8 heteroatoms. The van der Waals surface area contributed by atoms with E-state index in [2.05, 4.69) is 20.3 Å². The van der Waals surface area contributed by atoms with Crippen LogP contribution in [-0.2, 0) is 6.54 Å². The lowest BCUT2D eigenvalue weighted by atomic mass is 10.0. The third kappa shape index (κ3) is 3.82. The molecule has 1 aliphatic rings. The molecule has 5 rings (SSSR count). The lowest BCUT2D eigenvalue weighted by Gasteiger charge is -2.12. The Labute approximate surface area is 184 Å². The Kier molecular flexibility index (Phi) is 5.33. The summed E-state index contributed by atoms with van der Waals surface area (Å²) in [4.78, 5) is 24.6. The van der Waals surface area contributed by atoms with E-state index in [0.717, 1.165) is 34.6 Å². The van der Waals surface area contributed by atoms with Gasteiger partial charge in [-0.3, -0.25) is 9.78 Å². The van der Waals surface area contributed by atoms with Crippen molar-refractivity contribution in [3.63, 3.8) is 0 Å². The van der Waals surface area contributed by atoms with Crippen molar-refractivity contribution in [1.29, 1.82) is 0 Å². The van der Waals surface area contributed by atoms with Crippen LogP contribution in [-0.4, -0.2) is 35.3 Å². The number of nitrogens with zero attached hydrogens (tertiary/aromatic N) is 2. The predicted molar refractivity (Wildman–Crippen MR) is 122 cm³/mol. The predicted octanol–water partition coefficient (Wildman–Crippen LogP) is 3.77. The fourth-order valence-electron chi connectivity index (χ4n) is 3.74. The van der Waals surface area contributed by atoms with Gasteiger partial charge in [-0.1, -0.05) is 24.3 Å². The first-order valence-electron chi connectivity index (χ1n) is 10.4. The monoisotopic (exact) mass is 430 g/mol. The minimum Gasteiger partial charge on any atom is -0.496 e. The van der Waals surface area contributed by atoms with Crippen LogP contribution in [0.25, 0.3) is 22.2 Å². The molecule has 8 nitrogen and oxygen atoms in total. The molecule has 0 saturated heterocycles. The maximum absolute atomic E-state index is 13.0. The first-order valence-corrected chi connectivity index (χ1v) is 10.4. The average molecular weight is 430 g/mol. The molecule has 2 aromatic carbocycles. The standard InChI is InChI=1S/C24H22N4O4/c1-30-18-6-3-2-5-16(18)17-9-10-25-22-21(17)23(29)28-24(27-22)26-14-15-7-8-19-20(13-15)32-12-4-11-31-19/h2-3,5-10,13H,4,11-12,14H2,1H3,(H2,25,26,27,28,29). The largest absolute Gasteiger partial charge is 0.496 e. The van der Waals surface area contributed by atoms with Crippen LogP contribution >= 0.6 is 0 Å². The molecule has 0 atom stereocenters. The summed E-state index contributed by atoms with van der Waals surface area (Å²) < 4.78 is 16.9. The zero-order valence-electron chi connectivity index (χ0n) is 17.6. The molecule has 0 saturated carbocycles. The Morgan fingerprint density at radius 2 is 1.91 bits per heavy atom. The Morgan fingerprint density at radius 1 is 1.06 bits per heavy atom. The smallest absolute Gasteiger partial charge is 0.262 e. The maximum Gasteiger partial charge on any atom is 0.262 e. The Hall–Kier alpha value is -4.07. The van der Waals surface area contributed by atoms with Gasteiger partial charge in [0.25, 0.3) is 5.56 Å². The first-order chi connectivity index (χ1) is 15.7. The number of hydrogen-bond acceptors (Lipinski definition) is 7. The number of methoxy groups -OCH3 is 1. The number of ether oxygens (including phenoxy) is 3. The number of benzene rings is 2. The summed E-state index contributed by atoms with van der Waals surface area (Å²) in [5.74, 6) is 2.50. The molecule has 2 N–H and O–H groups in total. The molecule has 1 aliphatic heterocycles.